The summed E-state index contributed by atoms with van der Waals surface area (Å²) in [5, 5.41) is 6.41. The van der Waals surface area contributed by atoms with Crippen LogP contribution in [0.3, 0.4) is 0 Å². The molecule has 2 aliphatic rings. The normalized spacial score (nSPS) is 19.2. The van der Waals surface area contributed by atoms with E-state index >= 15 is 0 Å². The van der Waals surface area contributed by atoms with Gasteiger partial charge in [-0.2, -0.15) is 0 Å². The summed E-state index contributed by atoms with van der Waals surface area (Å²) in [7, 11) is 1.59. The number of para-hydroxylation sites is 1. The van der Waals surface area contributed by atoms with Crippen LogP contribution in [0.1, 0.15) is 27.0 Å². The molecule has 0 saturated carbocycles. The molecule has 0 radical (unpaired) electrons. The fourth-order valence-electron chi connectivity index (χ4n) is 4.44. The number of fused-ring (bicyclic) bond motifs is 3. The van der Waals surface area contributed by atoms with Crippen LogP contribution in [0.5, 0.6) is 5.75 Å². The topological polar surface area (TPSA) is 70.7 Å². The molecule has 3 aromatic carbocycles. The summed E-state index contributed by atoms with van der Waals surface area (Å²) in [6.07, 6.45) is 0. The van der Waals surface area contributed by atoms with Gasteiger partial charge in [0.25, 0.3) is 11.8 Å². The lowest BCUT2D eigenvalue weighted by molar-refractivity contribution is -0.119. The highest BCUT2D eigenvalue weighted by molar-refractivity contribution is 6.22. The average molecular weight is 399 g/mol. The van der Waals surface area contributed by atoms with Crippen LogP contribution in [-0.4, -0.2) is 18.9 Å². The number of ether oxygens (including phenoxy) is 1. The minimum absolute atomic E-state index is 0.239. The number of hydrogen-bond acceptors (Lipinski definition) is 4. The van der Waals surface area contributed by atoms with E-state index < -0.39 is 5.66 Å². The highest BCUT2D eigenvalue weighted by Gasteiger charge is 2.57. The predicted octanol–water partition coefficient (Wildman–Crippen LogP) is 4.19. The van der Waals surface area contributed by atoms with Gasteiger partial charge in [0, 0.05) is 16.9 Å². The van der Waals surface area contributed by atoms with E-state index in [0.717, 1.165) is 22.4 Å². The maximum absolute atomic E-state index is 13.7. The van der Waals surface area contributed by atoms with E-state index in [2.05, 4.69) is 10.6 Å². The number of nitrogens with zero attached hydrogens (tertiary/aromatic N) is 1. The highest BCUT2D eigenvalue weighted by Crippen LogP contribution is 2.48. The minimum Gasteiger partial charge on any atom is -0.497 e. The molecule has 0 aromatic heterocycles. The standard InChI is InChI=1S/C24H21N3O3/c1-14-12-15(2)21-19(13-14)24(23(29)25-21)26-20-7-5-4-6-18(20)22(28)27(24)16-8-10-17(30-3)11-9-16/h4-13,26H,1-3H3,(H,25,29)/t24-/m0/s1. The van der Waals surface area contributed by atoms with Crippen molar-refractivity contribution in [2.75, 3.05) is 22.6 Å². The van der Waals surface area contributed by atoms with Gasteiger partial charge in [-0.25, -0.2) is 0 Å². The van der Waals surface area contributed by atoms with Gasteiger partial charge in [0.05, 0.1) is 18.4 Å². The van der Waals surface area contributed by atoms with Crippen LogP contribution in [0.25, 0.3) is 0 Å². The van der Waals surface area contributed by atoms with Gasteiger partial charge < -0.3 is 15.4 Å². The number of rotatable bonds is 2. The fraction of sp³-hybridized carbons (Fsp3) is 0.167. The summed E-state index contributed by atoms with van der Waals surface area (Å²) in [6.45, 7) is 3.95. The molecule has 0 fully saturated rings. The third kappa shape index (κ3) is 2.37. The number of aryl methyl sites for hydroxylation is 2. The van der Waals surface area contributed by atoms with Crippen molar-refractivity contribution in [1.29, 1.82) is 0 Å². The van der Waals surface area contributed by atoms with Crippen molar-refractivity contribution in [3.8, 4) is 5.75 Å². The Hall–Kier alpha value is -3.80. The van der Waals surface area contributed by atoms with Gasteiger partial charge >= 0.3 is 0 Å². The SMILES string of the molecule is COc1ccc(N2C(=O)c3ccccc3N[C@]23C(=O)Nc2c(C)cc(C)cc23)cc1. The quantitative estimate of drug-likeness (QED) is 0.678. The smallest absolute Gasteiger partial charge is 0.276 e. The zero-order chi connectivity index (χ0) is 21.0. The molecule has 2 aliphatic heterocycles. The second kappa shape index (κ2) is 6.35. The molecule has 0 saturated heterocycles. The van der Waals surface area contributed by atoms with E-state index in [1.54, 1.807) is 42.3 Å². The third-order valence-corrected chi connectivity index (χ3v) is 5.78. The summed E-state index contributed by atoms with van der Waals surface area (Å²) >= 11 is 0. The van der Waals surface area contributed by atoms with Crippen LogP contribution in [0.2, 0.25) is 0 Å². The molecule has 30 heavy (non-hydrogen) atoms. The number of hydrogen-bond donors (Lipinski definition) is 2. The molecular weight excluding hydrogens is 378 g/mol. The summed E-state index contributed by atoms with van der Waals surface area (Å²) in [6, 6.07) is 18.4. The van der Waals surface area contributed by atoms with Crippen molar-refractivity contribution in [2.24, 2.45) is 0 Å². The monoisotopic (exact) mass is 399 g/mol. The molecule has 2 heterocycles. The Balaban J connectivity index is 1.81. The van der Waals surface area contributed by atoms with E-state index in [0.29, 0.717) is 22.7 Å². The largest absolute Gasteiger partial charge is 0.497 e. The van der Waals surface area contributed by atoms with Crippen LogP contribution in [0, 0.1) is 13.8 Å². The van der Waals surface area contributed by atoms with Gasteiger partial charge in [0.15, 0.2) is 0 Å². The van der Waals surface area contributed by atoms with Crippen molar-refractivity contribution in [2.45, 2.75) is 19.5 Å². The first-order valence-electron chi connectivity index (χ1n) is 9.74. The van der Waals surface area contributed by atoms with Crippen LogP contribution in [0.4, 0.5) is 17.1 Å². The van der Waals surface area contributed by atoms with Gasteiger partial charge in [-0.05, 0) is 61.9 Å². The van der Waals surface area contributed by atoms with Crippen molar-refractivity contribution in [3.63, 3.8) is 0 Å². The molecule has 150 valence electrons. The Morgan fingerprint density at radius 3 is 2.43 bits per heavy atom. The number of carbonyl (C=O) groups is 2. The Bertz CT molecular complexity index is 1200. The van der Waals surface area contributed by atoms with Crippen molar-refractivity contribution < 1.29 is 14.3 Å². The summed E-state index contributed by atoms with van der Waals surface area (Å²) in [4.78, 5) is 28.8. The molecule has 1 atom stereocenters. The number of nitrogens with one attached hydrogen (secondary N) is 2. The van der Waals surface area contributed by atoms with E-state index in [1.165, 1.54) is 0 Å². The molecule has 5 rings (SSSR count). The Labute approximate surface area is 174 Å². The van der Waals surface area contributed by atoms with Gasteiger partial charge in [0.2, 0.25) is 5.66 Å². The van der Waals surface area contributed by atoms with Crippen LogP contribution >= 0.6 is 0 Å². The predicted molar refractivity (Wildman–Crippen MR) is 116 cm³/mol. The number of carbonyl (C=O) groups excluding carboxylic acids is 2. The van der Waals surface area contributed by atoms with Gasteiger partial charge in [-0.1, -0.05) is 23.8 Å². The first-order chi connectivity index (χ1) is 14.5. The Morgan fingerprint density at radius 2 is 1.70 bits per heavy atom. The number of amides is 2. The maximum atomic E-state index is 13.7. The van der Waals surface area contributed by atoms with E-state index in [4.69, 9.17) is 4.74 Å². The number of methoxy groups -OCH3 is 1. The van der Waals surface area contributed by atoms with Crippen LogP contribution < -0.4 is 20.3 Å². The third-order valence-electron chi connectivity index (χ3n) is 5.78. The van der Waals surface area contributed by atoms with Crippen LogP contribution in [-0.2, 0) is 10.5 Å². The van der Waals surface area contributed by atoms with Crippen LogP contribution in [0.15, 0.2) is 60.7 Å². The Morgan fingerprint density at radius 1 is 0.967 bits per heavy atom. The van der Waals surface area contributed by atoms with Crippen molar-refractivity contribution in [1.82, 2.24) is 0 Å². The molecule has 0 aliphatic carbocycles. The molecule has 0 bridgehead atoms. The summed E-state index contributed by atoms with van der Waals surface area (Å²) < 4.78 is 5.27. The molecule has 3 aromatic rings. The zero-order valence-corrected chi connectivity index (χ0v) is 16.9. The highest BCUT2D eigenvalue weighted by atomic mass is 16.5. The van der Waals surface area contributed by atoms with Gasteiger partial charge in [-0.3, -0.25) is 14.5 Å². The van der Waals surface area contributed by atoms with Crippen molar-refractivity contribution >= 4 is 28.9 Å². The molecular formula is C24H21N3O3. The number of anilines is 3. The molecule has 6 nitrogen and oxygen atoms in total. The molecule has 2 N–H and O–H groups in total. The van der Waals surface area contributed by atoms with Gasteiger partial charge in [-0.15, -0.1) is 0 Å². The molecule has 6 heteroatoms. The Kier molecular flexibility index (Phi) is 3.86. The average Bonchev–Trinajstić information content (AvgIpc) is 3.01. The fourth-order valence-corrected chi connectivity index (χ4v) is 4.44. The minimum atomic E-state index is -1.38. The lowest BCUT2D eigenvalue weighted by Gasteiger charge is -2.44. The first-order valence-corrected chi connectivity index (χ1v) is 9.74. The lowest BCUT2D eigenvalue weighted by Crippen LogP contribution is -2.61. The van der Waals surface area contributed by atoms with E-state index in [9.17, 15) is 9.59 Å². The second-order valence-electron chi connectivity index (χ2n) is 7.68. The van der Waals surface area contributed by atoms with Gasteiger partial charge in [0.1, 0.15) is 5.75 Å². The summed E-state index contributed by atoms with van der Waals surface area (Å²) in [5.74, 6) is 0.148. The zero-order valence-electron chi connectivity index (χ0n) is 16.9. The molecule has 0 unspecified atom stereocenters. The molecule has 1 spiro atoms. The van der Waals surface area contributed by atoms with E-state index in [1.807, 2.05) is 44.2 Å². The van der Waals surface area contributed by atoms with Crippen molar-refractivity contribution in [3.05, 3.63) is 82.9 Å². The first kappa shape index (κ1) is 18.2. The maximum Gasteiger partial charge on any atom is 0.276 e. The molecule has 2 amide bonds. The lowest BCUT2D eigenvalue weighted by atomic mass is 9.90. The second-order valence-corrected chi connectivity index (χ2v) is 7.68. The van der Waals surface area contributed by atoms with E-state index in [-0.39, 0.29) is 11.8 Å². The summed E-state index contributed by atoms with van der Waals surface area (Å²) in [5.41, 5.74) is 3.82. The number of benzene rings is 3.